The van der Waals surface area contributed by atoms with Gasteiger partial charge in [0.05, 0.1) is 0 Å². The van der Waals surface area contributed by atoms with E-state index in [2.05, 4.69) is 50.0 Å². The van der Waals surface area contributed by atoms with E-state index in [-0.39, 0.29) is 0 Å². The van der Waals surface area contributed by atoms with Gasteiger partial charge in [0.2, 0.25) is 0 Å². The van der Waals surface area contributed by atoms with Crippen LogP contribution < -0.4 is 5.32 Å². The minimum absolute atomic E-state index is 0.617. The van der Waals surface area contributed by atoms with Crippen molar-refractivity contribution in [3.8, 4) is 0 Å². The highest BCUT2D eigenvalue weighted by atomic mass is 14.9. The number of likely N-dealkylation sites (N-methyl/N-ethyl adjacent to an activating group) is 1. The molecule has 2 atom stereocenters. The normalized spacial score (nSPS) is 19.3. The maximum absolute atomic E-state index is 4.01. The lowest BCUT2D eigenvalue weighted by atomic mass is 9.72. The van der Waals surface area contributed by atoms with Crippen LogP contribution in [-0.4, -0.2) is 12.6 Å². The SMILES string of the molecule is C=C(C)CCC(NCC)C1Cc2ccccc21. The van der Waals surface area contributed by atoms with Crippen LogP contribution in [0.2, 0.25) is 0 Å². The standard InChI is InChI=1S/C16H23N/c1-4-17-16(10-9-12(2)3)15-11-13-7-5-6-8-14(13)15/h5-8,15-17H,2,4,9-11H2,1,3H3. The van der Waals surface area contributed by atoms with Gasteiger partial charge >= 0.3 is 0 Å². The van der Waals surface area contributed by atoms with Crippen LogP contribution in [0.3, 0.4) is 0 Å². The molecule has 1 aliphatic carbocycles. The van der Waals surface area contributed by atoms with E-state index in [0.717, 1.165) is 13.0 Å². The molecule has 1 nitrogen and oxygen atoms in total. The summed E-state index contributed by atoms with van der Waals surface area (Å²) in [4.78, 5) is 0. The van der Waals surface area contributed by atoms with Crippen LogP contribution in [0, 0.1) is 0 Å². The molecule has 1 aliphatic rings. The van der Waals surface area contributed by atoms with Crippen LogP contribution in [0.15, 0.2) is 36.4 Å². The maximum Gasteiger partial charge on any atom is 0.0142 e. The molecule has 0 saturated heterocycles. The molecule has 0 bridgehead atoms. The first-order valence-corrected chi connectivity index (χ1v) is 6.68. The lowest BCUT2D eigenvalue weighted by molar-refractivity contribution is 0.386. The fourth-order valence-corrected chi connectivity index (χ4v) is 2.77. The molecule has 92 valence electrons. The molecule has 0 heterocycles. The highest BCUT2D eigenvalue weighted by molar-refractivity contribution is 5.41. The molecule has 0 aromatic heterocycles. The molecule has 1 aromatic carbocycles. The number of rotatable bonds is 6. The van der Waals surface area contributed by atoms with Gasteiger partial charge in [-0.25, -0.2) is 0 Å². The van der Waals surface area contributed by atoms with Gasteiger partial charge in [-0.05, 0) is 43.9 Å². The summed E-state index contributed by atoms with van der Waals surface area (Å²) in [6.07, 6.45) is 3.59. The van der Waals surface area contributed by atoms with Crippen molar-refractivity contribution in [2.45, 2.75) is 45.1 Å². The minimum atomic E-state index is 0.617. The molecule has 1 aromatic rings. The average molecular weight is 229 g/mol. The number of fused-ring (bicyclic) bond motifs is 1. The van der Waals surface area contributed by atoms with Gasteiger partial charge in [-0.15, -0.1) is 6.58 Å². The number of hydrogen-bond acceptors (Lipinski definition) is 1. The molecule has 2 unspecified atom stereocenters. The Hall–Kier alpha value is -1.08. The Morgan fingerprint density at radius 3 is 2.88 bits per heavy atom. The second-order valence-corrected chi connectivity index (χ2v) is 5.17. The molecule has 0 aliphatic heterocycles. The Kier molecular flexibility index (Phi) is 4.01. The number of hydrogen-bond donors (Lipinski definition) is 1. The highest BCUT2D eigenvalue weighted by Crippen LogP contribution is 2.38. The summed E-state index contributed by atoms with van der Waals surface area (Å²) in [5.41, 5.74) is 4.39. The summed E-state index contributed by atoms with van der Waals surface area (Å²) in [5, 5.41) is 3.64. The summed E-state index contributed by atoms with van der Waals surface area (Å²) in [6.45, 7) is 9.38. The summed E-state index contributed by atoms with van der Waals surface area (Å²) < 4.78 is 0. The third-order valence-corrected chi connectivity index (χ3v) is 3.73. The predicted molar refractivity (Wildman–Crippen MR) is 74.4 cm³/mol. The minimum Gasteiger partial charge on any atom is -0.314 e. The van der Waals surface area contributed by atoms with Crippen LogP contribution in [-0.2, 0) is 6.42 Å². The maximum atomic E-state index is 4.01. The quantitative estimate of drug-likeness (QED) is 0.734. The van der Waals surface area contributed by atoms with E-state index >= 15 is 0 Å². The zero-order valence-corrected chi connectivity index (χ0v) is 11.0. The molecule has 2 rings (SSSR count). The first kappa shape index (κ1) is 12.4. The van der Waals surface area contributed by atoms with Gasteiger partial charge < -0.3 is 5.32 Å². The summed E-state index contributed by atoms with van der Waals surface area (Å²) in [6, 6.07) is 9.46. The highest BCUT2D eigenvalue weighted by Gasteiger charge is 2.31. The molecule has 0 amide bonds. The molecule has 0 fully saturated rings. The van der Waals surface area contributed by atoms with E-state index in [1.165, 1.54) is 24.0 Å². The van der Waals surface area contributed by atoms with Gasteiger partial charge in [0, 0.05) is 12.0 Å². The van der Waals surface area contributed by atoms with Crippen molar-refractivity contribution >= 4 is 0 Å². The monoisotopic (exact) mass is 229 g/mol. The Labute approximate surface area is 105 Å². The van der Waals surface area contributed by atoms with Gasteiger partial charge in [0.15, 0.2) is 0 Å². The van der Waals surface area contributed by atoms with Crippen LogP contribution in [0.1, 0.15) is 43.7 Å². The molecular formula is C16H23N. The van der Waals surface area contributed by atoms with Gasteiger partial charge in [-0.2, -0.15) is 0 Å². The molecule has 1 N–H and O–H groups in total. The predicted octanol–water partition coefficient (Wildman–Crippen LogP) is 3.66. The van der Waals surface area contributed by atoms with E-state index < -0.39 is 0 Å². The van der Waals surface area contributed by atoms with Gasteiger partial charge in [0.25, 0.3) is 0 Å². The van der Waals surface area contributed by atoms with Crippen LogP contribution in [0.5, 0.6) is 0 Å². The fraction of sp³-hybridized carbons (Fsp3) is 0.500. The molecular weight excluding hydrogens is 206 g/mol. The fourth-order valence-electron chi connectivity index (χ4n) is 2.77. The summed E-state index contributed by atoms with van der Waals surface area (Å²) in [7, 11) is 0. The van der Waals surface area contributed by atoms with E-state index in [0.29, 0.717) is 12.0 Å². The number of allylic oxidation sites excluding steroid dienone is 1. The Balaban J connectivity index is 2.01. The second-order valence-electron chi connectivity index (χ2n) is 5.17. The van der Waals surface area contributed by atoms with Crippen molar-refractivity contribution in [3.05, 3.63) is 47.5 Å². The molecule has 0 saturated carbocycles. The third-order valence-electron chi connectivity index (χ3n) is 3.73. The van der Waals surface area contributed by atoms with E-state index in [9.17, 15) is 0 Å². The number of nitrogens with one attached hydrogen (secondary N) is 1. The first-order valence-electron chi connectivity index (χ1n) is 6.68. The van der Waals surface area contributed by atoms with E-state index in [4.69, 9.17) is 0 Å². The van der Waals surface area contributed by atoms with Gasteiger partial charge in [-0.3, -0.25) is 0 Å². The lowest BCUT2D eigenvalue weighted by Gasteiger charge is -2.37. The topological polar surface area (TPSA) is 12.0 Å². The summed E-state index contributed by atoms with van der Waals surface area (Å²) in [5.74, 6) is 0.713. The Morgan fingerprint density at radius 1 is 1.47 bits per heavy atom. The zero-order chi connectivity index (χ0) is 12.3. The van der Waals surface area contributed by atoms with Crippen LogP contribution in [0.25, 0.3) is 0 Å². The van der Waals surface area contributed by atoms with Crippen molar-refractivity contribution in [3.63, 3.8) is 0 Å². The molecule has 1 heteroatoms. The van der Waals surface area contributed by atoms with Crippen molar-refractivity contribution in [2.75, 3.05) is 6.54 Å². The van der Waals surface area contributed by atoms with Gasteiger partial charge in [-0.1, -0.05) is 36.8 Å². The lowest BCUT2D eigenvalue weighted by Crippen LogP contribution is -2.40. The van der Waals surface area contributed by atoms with Crippen molar-refractivity contribution in [2.24, 2.45) is 0 Å². The van der Waals surface area contributed by atoms with Crippen LogP contribution >= 0.6 is 0 Å². The Bertz CT molecular complexity index is 394. The van der Waals surface area contributed by atoms with Crippen molar-refractivity contribution in [1.29, 1.82) is 0 Å². The molecule has 17 heavy (non-hydrogen) atoms. The zero-order valence-electron chi connectivity index (χ0n) is 11.0. The van der Waals surface area contributed by atoms with Gasteiger partial charge in [0.1, 0.15) is 0 Å². The first-order chi connectivity index (χ1) is 8.22. The Morgan fingerprint density at radius 2 is 2.24 bits per heavy atom. The largest absolute Gasteiger partial charge is 0.314 e. The number of benzene rings is 1. The molecule has 0 radical (unpaired) electrons. The van der Waals surface area contributed by atoms with E-state index in [1.54, 1.807) is 5.56 Å². The average Bonchev–Trinajstić information content (AvgIpc) is 2.27. The second kappa shape index (κ2) is 5.50. The van der Waals surface area contributed by atoms with Crippen LogP contribution in [0.4, 0.5) is 0 Å². The smallest absolute Gasteiger partial charge is 0.0142 e. The molecule has 0 spiro atoms. The van der Waals surface area contributed by atoms with Crippen molar-refractivity contribution < 1.29 is 0 Å². The van der Waals surface area contributed by atoms with Crippen molar-refractivity contribution in [1.82, 2.24) is 5.32 Å². The summed E-state index contributed by atoms with van der Waals surface area (Å²) >= 11 is 0. The third kappa shape index (κ3) is 2.78. The van der Waals surface area contributed by atoms with E-state index in [1.807, 2.05) is 0 Å².